The Bertz CT molecular complexity index is 1320. The van der Waals surface area contributed by atoms with Gasteiger partial charge in [-0.05, 0) is 61.2 Å². The fraction of sp³-hybridized carbons (Fsp3) is 0.348. The van der Waals surface area contributed by atoms with Crippen LogP contribution in [0.1, 0.15) is 19.3 Å². The van der Waals surface area contributed by atoms with Crippen molar-refractivity contribution in [1.82, 2.24) is 8.87 Å². The molecular formula is C23H25BrF3N3O4S2. The van der Waals surface area contributed by atoms with E-state index in [4.69, 9.17) is 0 Å². The van der Waals surface area contributed by atoms with E-state index in [1.54, 1.807) is 24.3 Å². The van der Waals surface area contributed by atoms with Gasteiger partial charge >= 0.3 is 6.36 Å². The fourth-order valence-electron chi connectivity index (χ4n) is 3.80. The smallest absolute Gasteiger partial charge is 0.406 e. The molecule has 1 fully saturated rings. The largest absolute Gasteiger partial charge is 0.573 e. The highest BCUT2D eigenvalue weighted by atomic mass is 79.9. The number of aromatic nitrogens is 1. The number of hydrogen-bond donors (Lipinski definition) is 1. The molecule has 0 atom stereocenters. The van der Waals surface area contributed by atoms with E-state index in [-0.39, 0.29) is 34.2 Å². The van der Waals surface area contributed by atoms with E-state index in [1.807, 2.05) is 9.95 Å². The van der Waals surface area contributed by atoms with Gasteiger partial charge in [-0.3, -0.25) is 0 Å². The number of benzene rings is 2. The Morgan fingerprint density at radius 1 is 1.03 bits per heavy atom. The molecule has 0 radical (unpaired) electrons. The summed E-state index contributed by atoms with van der Waals surface area (Å²) in [5.41, 5.74) is 2.03. The number of aliphatic hydroxyl groups is 1. The molecule has 0 aliphatic carbocycles. The third kappa shape index (κ3) is 6.76. The number of alkyl halides is 3. The molecule has 0 saturated carbocycles. The molecule has 196 valence electrons. The number of halogens is 4. The Labute approximate surface area is 221 Å². The van der Waals surface area contributed by atoms with Gasteiger partial charge in [0.25, 0.3) is 0 Å². The molecule has 3 aromatic rings. The maximum Gasteiger partial charge on any atom is 0.573 e. The summed E-state index contributed by atoms with van der Waals surface area (Å²) >= 11 is 1.34. The first-order valence-corrected chi connectivity index (χ1v) is 13.3. The molecular weight excluding hydrogens is 583 g/mol. The summed E-state index contributed by atoms with van der Waals surface area (Å²) in [6.45, 7) is 1.49. The number of nitrogens with zero attached hydrogens (tertiary/aromatic N) is 3. The monoisotopic (exact) mass is 607 g/mol. The minimum absolute atomic E-state index is 0. The zero-order valence-corrected chi connectivity index (χ0v) is 22.4. The molecule has 2 heterocycles. The summed E-state index contributed by atoms with van der Waals surface area (Å²) in [6.07, 6.45) is -2.57. The Morgan fingerprint density at radius 3 is 2.25 bits per heavy atom. The molecule has 7 nitrogen and oxygen atoms in total. The van der Waals surface area contributed by atoms with Crippen LogP contribution in [0.4, 0.5) is 18.9 Å². The summed E-state index contributed by atoms with van der Waals surface area (Å²) in [4.78, 5) is 5.38. The molecule has 1 aliphatic rings. The minimum Gasteiger partial charge on any atom is -0.406 e. The maximum atomic E-state index is 12.8. The molecule has 1 saturated heterocycles. The van der Waals surface area contributed by atoms with Crippen molar-refractivity contribution in [3.05, 3.63) is 58.7 Å². The molecule has 0 unspecified atom stereocenters. The predicted octanol–water partition coefficient (Wildman–Crippen LogP) is 5.09. The molecule has 0 bridgehead atoms. The van der Waals surface area contributed by atoms with Crippen molar-refractivity contribution >= 4 is 44.0 Å². The lowest BCUT2D eigenvalue weighted by Gasteiger charge is -2.16. The lowest BCUT2D eigenvalue weighted by atomic mass is 10.2. The van der Waals surface area contributed by atoms with Gasteiger partial charge in [0.1, 0.15) is 5.75 Å². The van der Waals surface area contributed by atoms with Gasteiger partial charge in [-0.2, -0.15) is 4.31 Å². The van der Waals surface area contributed by atoms with Crippen LogP contribution in [0, 0.1) is 0 Å². The quantitative estimate of drug-likeness (QED) is 0.386. The van der Waals surface area contributed by atoms with E-state index in [0.717, 1.165) is 24.1 Å². The first-order valence-electron chi connectivity index (χ1n) is 11.0. The second-order valence-corrected chi connectivity index (χ2v) is 10.7. The van der Waals surface area contributed by atoms with Crippen molar-refractivity contribution in [2.45, 2.75) is 37.1 Å². The van der Waals surface area contributed by atoms with Crippen molar-refractivity contribution in [1.29, 1.82) is 0 Å². The number of hydrogen-bond acceptors (Lipinski definition) is 6. The van der Waals surface area contributed by atoms with Crippen LogP contribution in [0.3, 0.4) is 0 Å². The average Bonchev–Trinajstić information content (AvgIpc) is 3.49. The highest BCUT2D eigenvalue weighted by Gasteiger charge is 2.31. The number of aliphatic hydroxyl groups excluding tert-OH is 1. The van der Waals surface area contributed by atoms with Gasteiger partial charge in [0, 0.05) is 31.6 Å². The average molecular weight is 609 g/mol. The molecule has 1 N–H and O–H groups in total. The number of sulfonamides is 1. The predicted molar refractivity (Wildman–Crippen MR) is 136 cm³/mol. The Balaban J connectivity index is 0.00000361. The van der Waals surface area contributed by atoms with Gasteiger partial charge in [-0.1, -0.05) is 12.1 Å². The molecule has 2 aromatic carbocycles. The molecule has 13 heteroatoms. The zero-order chi connectivity index (χ0) is 25.1. The first-order chi connectivity index (χ1) is 16.7. The fourth-order valence-corrected chi connectivity index (χ4v) is 6.27. The van der Waals surface area contributed by atoms with Crippen molar-refractivity contribution in [3.8, 4) is 17.0 Å². The van der Waals surface area contributed by atoms with Crippen LogP contribution in [0.2, 0.25) is 0 Å². The van der Waals surface area contributed by atoms with Gasteiger partial charge < -0.3 is 14.4 Å². The Morgan fingerprint density at radius 2 is 1.67 bits per heavy atom. The van der Waals surface area contributed by atoms with E-state index in [2.05, 4.69) is 9.73 Å². The van der Waals surface area contributed by atoms with Crippen LogP contribution in [0.15, 0.2) is 63.8 Å². The molecule has 0 spiro atoms. The van der Waals surface area contributed by atoms with E-state index in [0.29, 0.717) is 36.5 Å². The number of rotatable bonds is 8. The van der Waals surface area contributed by atoms with Gasteiger partial charge in [-0.15, -0.1) is 41.5 Å². The molecule has 36 heavy (non-hydrogen) atoms. The van der Waals surface area contributed by atoms with Crippen molar-refractivity contribution in [2.75, 3.05) is 19.7 Å². The van der Waals surface area contributed by atoms with Crippen molar-refractivity contribution in [3.63, 3.8) is 0 Å². The molecule has 4 rings (SSSR count). The minimum atomic E-state index is -4.77. The normalized spacial score (nSPS) is 15.2. The highest BCUT2D eigenvalue weighted by molar-refractivity contribution is 8.93. The summed E-state index contributed by atoms with van der Waals surface area (Å²) < 4.78 is 70.1. The van der Waals surface area contributed by atoms with Crippen LogP contribution in [-0.4, -0.2) is 48.5 Å². The molecule has 1 aromatic heterocycles. The van der Waals surface area contributed by atoms with Crippen LogP contribution in [0.5, 0.6) is 5.75 Å². The molecule has 0 amide bonds. The second-order valence-electron chi connectivity index (χ2n) is 7.92. The first kappa shape index (κ1) is 28.4. The van der Waals surface area contributed by atoms with Crippen LogP contribution < -0.4 is 9.54 Å². The third-order valence-corrected chi connectivity index (χ3v) is 8.26. The number of thiazole rings is 1. The van der Waals surface area contributed by atoms with E-state index in [1.165, 1.54) is 39.9 Å². The van der Waals surface area contributed by atoms with Crippen LogP contribution in [-0.2, 0) is 16.6 Å². The van der Waals surface area contributed by atoms with E-state index < -0.39 is 16.4 Å². The Kier molecular flexibility index (Phi) is 9.39. The maximum absolute atomic E-state index is 12.8. The van der Waals surface area contributed by atoms with Gasteiger partial charge in [0.15, 0.2) is 4.80 Å². The van der Waals surface area contributed by atoms with Crippen LogP contribution >= 0.6 is 28.3 Å². The third-order valence-electron chi connectivity index (χ3n) is 5.49. The summed E-state index contributed by atoms with van der Waals surface area (Å²) in [6, 6.07) is 11.9. The highest BCUT2D eigenvalue weighted by Crippen LogP contribution is 2.27. The zero-order valence-electron chi connectivity index (χ0n) is 19.0. The van der Waals surface area contributed by atoms with Gasteiger partial charge in [-0.25, -0.2) is 13.4 Å². The van der Waals surface area contributed by atoms with Gasteiger partial charge in [0.05, 0.1) is 16.3 Å². The lowest BCUT2D eigenvalue weighted by Crippen LogP contribution is -2.27. The number of ether oxygens (including phenoxy) is 1. The van der Waals surface area contributed by atoms with Crippen molar-refractivity contribution < 1.29 is 31.4 Å². The summed E-state index contributed by atoms with van der Waals surface area (Å²) in [5.74, 6) is -0.333. The SMILES string of the molecule is Br.O=S(=O)(c1ccc(-c2csc(=Nc3ccc(OC(F)(F)F)cc3)n2CCCO)cc1)N1CCCC1. The Hall–Kier alpha value is -2.19. The van der Waals surface area contributed by atoms with Crippen molar-refractivity contribution in [2.24, 2.45) is 4.99 Å². The van der Waals surface area contributed by atoms with E-state index >= 15 is 0 Å². The standard InChI is InChI=1S/C23H24F3N3O4S2.BrH/c24-23(25,26)33-19-8-6-18(7-9-19)27-22-29(14-3-15-30)21(16-34-22)17-4-10-20(11-5-17)35(31,32)28-12-1-2-13-28;/h4-11,16,30H,1-3,12-15H2;1H. The second kappa shape index (κ2) is 11.9. The molecule has 1 aliphatic heterocycles. The topological polar surface area (TPSA) is 84.1 Å². The summed E-state index contributed by atoms with van der Waals surface area (Å²) in [7, 11) is -3.52. The van der Waals surface area contributed by atoms with Gasteiger partial charge in [0.2, 0.25) is 10.0 Å². The lowest BCUT2D eigenvalue weighted by molar-refractivity contribution is -0.274. The van der Waals surface area contributed by atoms with E-state index in [9.17, 15) is 26.7 Å². The van der Waals surface area contributed by atoms with Crippen LogP contribution in [0.25, 0.3) is 11.3 Å². The summed E-state index contributed by atoms with van der Waals surface area (Å²) in [5, 5.41) is 11.2.